The number of amides is 2. The monoisotopic (exact) mass is 487 g/mol. The molecule has 1 fully saturated rings. The minimum atomic E-state index is -0.403. The predicted molar refractivity (Wildman–Crippen MR) is 125 cm³/mol. The zero-order valence-corrected chi connectivity index (χ0v) is 18.9. The fraction of sp³-hybridized carbons (Fsp3) is 0.0833. The molecule has 1 heterocycles. The third-order valence-electron chi connectivity index (χ3n) is 4.72. The van der Waals surface area contributed by atoms with E-state index in [1.54, 1.807) is 42.5 Å². The molecule has 4 nitrogen and oxygen atoms in total. The Labute approximate surface area is 198 Å². The van der Waals surface area contributed by atoms with Gasteiger partial charge in [0.2, 0.25) is 0 Å². The molecule has 0 bridgehead atoms. The predicted octanol–water partition coefficient (Wildman–Crippen LogP) is 6.95. The highest BCUT2D eigenvalue weighted by Crippen LogP contribution is 2.35. The molecule has 4 rings (SSSR count). The number of halogens is 3. The van der Waals surface area contributed by atoms with Crippen molar-refractivity contribution in [1.82, 2.24) is 4.90 Å². The van der Waals surface area contributed by atoms with Gasteiger partial charge in [0.25, 0.3) is 11.1 Å². The number of hydrogen-bond acceptors (Lipinski definition) is 4. The second kappa shape index (κ2) is 9.77. The molecule has 0 aromatic heterocycles. The molecule has 8 heteroatoms. The van der Waals surface area contributed by atoms with Crippen molar-refractivity contribution < 1.29 is 18.7 Å². The first-order valence-corrected chi connectivity index (χ1v) is 11.1. The summed E-state index contributed by atoms with van der Waals surface area (Å²) < 4.78 is 18.8. The van der Waals surface area contributed by atoms with Crippen molar-refractivity contribution in [2.24, 2.45) is 0 Å². The molecule has 1 aliphatic heterocycles. The third-order valence-corrected chi connectivity index (χ3v) is 6.29. The Bertz CT molecular complexity index is 1210. The summed E-state index contributed by atoms with van der Waals surface area (Å²) in [6.45, 7) is 0.346. The highest BCUT2D eigenvalue weighted by Gasteiger charge is 2.35. The number of imide groups is 1. The molecule has 0 spiro atoms. The van der Waals surface area contributed by atoms with Crippen molar-refractivity contribution in [1.29, 1.82) is 0 Å². The Balaban J connectivity index is 1.45. The average molecular weight is 488 g/mol. The van der Waals surface area contributed by atoms with E-state index in [1.165, 1.54) is 12.1 Å². The van der Waals surface area contributed by atoms with Gasteiger partial charge in [-0.05, 0) is 59.3 Å². The Morgan fingerprint density at radius 2 is 1.72 bits per heavy atom. The number of nitrogens with zero attached hydrogens (tertiary/aromatic N) is 1. The Hall–Kier alpha value is -2.80. The average Bonchev–Trinajstić information content (AvgIpc) is 3.03. The van der Waals surface area contributed by atoms with Gasteiger partial charge in [0.05, 0.1) is 16.5 Å². The quantitative estimate of drug-likeness (QED) is 0.353. The Morgan fingerprint density at radius 3 is 2.44 bits per heavy atom. The number of ether oxygens (including phenoxy) is 1. The molecule has 0 radical (unpaired) electrons. The number of benzene rings is 3. The summed E-state index contributed by atoms with van der Waals surface area (Å²) in [4.78, 5) is 26.4. The molecule has 32 heavy (non-hydrogen) atoms. The van der Waals surface area contributed by atoms with Gasteiger partial charge in [-0.3, -0.25) is 14.5 Å². The van der Waals surface area contributed by atoms with Gasteiger partial charge in [-0.25, -0.2) is 4.39 Å². The van der Waals surface area contributed by atoms with Gasteiger partial charge in [0.1, 0.15) is 18.2 Å². The van der Waals surface area contributed by atoms with Crippen LogP contribution in [-0.2, 0) is 17.9 Å². The van der Waals surface area contributed by atoms with E-state index in [0.717, 1.165) is 22.2 Å². The van der Waals surface area contributed by atoms with Crippen LogP contribution in [0.5, 0.6) is 5.75 Å². The minimum absolute atomic E-state index is 0.0812. The molecule has 162 valence electrons. The maximum absolute atomic E-state index is 13.1. The SMILES string of the molecule is O=C1S/C(=C\c2ccc(OCc3ccccc3Cl)c(Cl)c2)C(=O)N1Cc1ccc(F)cc1. The van der Waals surface area contributed by atoms with Crippen molar-refractivity contribution in [3.05, 3.63) is 104 Å². The molecular weight excluding hydrogens is 472 g/mol. The van der Waals surface area contributed by atoms with Gasteiger partial charge in [-0.2, -0.15) is 0 Å². The molecule has 0 aliphatic carbocycles. The molecule has 0 unspecified atom stereocenters. The Kier molecular flexibility index (Phi) is 6.84. The van der Waals surface area contributed by atoms with E-state index in [4.69, 9.17) is 27.9 Å². The lowest BCUT2D eigenvalue weighted by Gasteiger charge is -2.12. The number of hydrogen-bond donors (Lipinski definition) is 0. The minimum Gasteiger partial charge on any atom is -0.487 e. The van der Waals surface area contributed by atoms with E-state index >= 15 is 0 Å². The second-order valence-electron chi connectivity index (χ2n) is 6.96. The van der Waals surface area contributed by atoms with E-state index < -0.39 is 5.91 Å². The summed E-state index contributed by atoms with van der Waals surface area (Å²) in [5.41, 5.74) is 2.16. The van der Waals surface area contributed by atoms with Crippen LogP contribution in [-0.4, -0.2) is 16.0 Å². The van der Waals surface area contributed by atoms with E-state index in [9.17, 15) is 14.0 Å². The first kappa shape index (κ1) is 22.4. The zero-order valence-electron chi connectivity index (χ0n) is 16.6. The third kappa shape index (κ3) is 5.15. The van der Waals surface area contributed by atoms with Crippen LogP contribution in [0.25, 0.3) is 6.08 Å². The van der Waals surface area contributed by atoms with Gasteiger partial charge in [-0.15, -0.1) is 0 Å². The first-order valence-electron chi connectivity index (χ1n) is 9.56. The maximum atomic E-state index is 13.1. The maximum Gasteiger partial charge on any atom is 0.293 e. The van der Waals surface area contributed by atoms with Gasteiger partial charge in [-0.1, -0.05) is 59.6 Å². The van der Waals surface area contributed by atoms with Crippen LogP contribution in [0.4, 0.5) is 9.18 Å². The summed E-state index contributed by atoms with van der Waals surface area (Å²) in [5, 5.41) is 0.601. The zero-order chi connectivity index (χ0) is 22.7. The van der Waals surface area contributed by atoms with Crippen molar-refractivity contribution in [3.63, 3.8) is 0 Å². The molecule has 1 aliphatic rings. The van der Waals surface area contributed by atoms with Crippen LogP contribution in [0.15, 0.2) is 71.6 Å². The van der Waals surface area contributed by atoms with Crippen molar-refractivity contribution in [2.75, 3.05) is 0 Å². The lowest BCUT2D eigenvalue weighted by atomic mass is 10.2. The highest BCUT2D eigenvalue weighted by molar-refractivity contribution is 8.18. The molecule has 3 aromatic carbocycles. The normalized spacial score (nSPS) is 15.0. The molecule has 0 atom stereocenters. The second-order valence-corrected chi connectivity index (χ2v) is 8.77. The fourth-order valence-corrected chi connectivity index (χ4v) is 4.33. The van der Waals surface area contributed by atoms with Crippen molar-refractivity contribution in [3.8, 4) is 5.75 Å². The fourth-order valence-electron chi connectivity index (χ4n) is 3.05. The van der Waals surface area contributed by atoms with Crippen LogP contribution in [0.1, 0.15) is 16.7 Å². The molecule has 1 saturated heterocycles. The van der Waals surface area contributed by atoms with E-state index in [1.807, 2.05) is 18.2 Å². The molecule has 0 saturated carbocycles. The van der Waals surface area contributed by atoms with E-state index in [0.29, 0.717) is 26.9 Å². The number of carbonyl (C=O) groups is 2. The number of carbonyl (C=O) groups excluding carboxylic acids is 2. The smallest absolute Gasteiger partial charge is 0.293 e. The molecular formula is C24H16Cl2FNO3S. The Morgan fingerprint density at radius 1 is 0.969 bits per heavy atom. The van der Waals surface area contributed by atoms with Crippen molar-refractivity contribution >= 4 is 52.2 Å². The largest absolute Gasteiger partial charge is 0.487 e. The van der Waals surface area contributed by atoms with Crippen LogP contribution in [0.3, 0.4) is 0 Å². The van der Waals surface area contributed by atoms with Gasteiger partial charge in [0.15, 0.2) is 0 Å². The first-order chi connectivity index (χ1) is 15.4. The van der Waals surface area contributed by atoms with Gasteiger partial charge in [0, 0.05) is 10.6 Å². The summed E-state index contributed by atoms with van der Waals surface area (Å²) >= 11 is 13.3. The number of thioether (sulfide) groups is 1. The highest BCUT2D eigenvalue weighted by atomic mass is 35.5. The topological polar surface area (TPSA) is 46.6 Å². The summed E-state index contributed by atoms with van der Waals surface area (Å²) in [5.74, 6) is -0.299. The summed E-state index contributed by atoms with van der Waals surface area (Å²) in [6, 6.07) is 18.2. The van der Waals surface area contributed by atoms with Crippen LogP contribution in [0.2, 0.25) is 10.0 Å². The lowest BCUT2D eigenvalue weighted by Crippen LogP contribution is -2.27. The standard InChI is InChI=1S/C24H16Cl2FNO3S/c25-19-4-2-1-3-17(19)14-31-21-10-7-16(11-20(21)26)12-22-23(29)28(24(30)32-22)13-15-5-8-18(27)9-6-15/h1-12H,13-14H2/b22-12-. The molecule has 3 aromatic rings. The van der Waals surface area contributed by atoms with Crippen LogP contribution >= 0.6 is 35.0 Å². The van der Waals surface area contributed by atoms with Crippen molar-refractivity contribution in [2.45, 2.75) is 13.2 Å². The van der Waals surface area contributed by atoms with E-state index in [2.05, 4.69) is 0 Å². The number of rotatable bonds is 6. The molecule has 2 amide bonds. The summed E-state index contributed by atoms with van der Waals surface area (Å²) in [6.07, 6.45) is 1.61. The lowest BCUT2D eigenvalue weighted by molar-refractivity contribution is -0.123. The summed E-state index contributed by atoms with van der Waals surface area (Å²) in [7, 11) is 0. The van der Waals surface area contributed by atoms with E-state index in [-0.39, 0.29) is 29.1 Å². The van der Waals surface area contributed by atoms with Gasteiger partial charge < -0.3 is 4.74 Å². The molecule has 0 N–H and O–H groups in total. The van der Waals surface area contributed by atoms with Crippen LogP contribution < -0.4 is 4.74 Å². The van der Waals surface area contributed by atoms with Gasteiger partial charge >= 0.3 is 0 Å². The van der Waals surface area contributed by atoms with Crippen LogP contribution in [0, 0.1) is 5.82 Å².